The van der Waals surface area contributed by atoms with Gasteiger partial charge in [-0.05, 0) is 39.3 Å². The Morgan fingerprint density at radius 2 is 2.17 bits per heavy atom. The van der Waals surface area contributed by atoms with E-state index in [4.69, 9.17) is 4.42 Å². The Balaban J connectivity index is 1.55. The molecular weight excluding hydrogens is 288 g/mol. The summed E-state index contributed by atoms with van der Waals surface area (Å²) in [5, 5.41) is 8.56. The molecule has 1 fully saturated rings. The van der Waals surface area contributed by atoms with Gasteiger partial charge in [0.15, 0.2) is 5.82 Å². The lowest BCUT2D eigenvalue weighted by Gasteiger charge is -2.31. The van der Waals surface area contributed by atoms with Gasteiger partial charge in [-0.2, -0.15) is 5.10 Å². The van der Waals surface area contributed by atoms with Gasteiger partial charge in [0.05, 0.1) is 0 Å². The highest BCUT2D eigenvalue weighted by Gasteiger charge is 2.25. The van der Waals surface area contributed by atoms with Crippen LogP contribution in [0.1, 0.15) is 41.7 Å². The zero-order chi connectivity index (χ0) is 15.8. The number of hydrogen-bond acceptors (Lipinski definition) is 4. The van der Waals surface area contributed by atoms with Crippen LogP contribution in [0.3, 0.4) is 0 Å². The van der Waals surface area contributed by atoms with Crippen molar-refractivity contribution in [2.75, 3.05) is 13.1 Å². The minimum absolute atomic E-state index is 0.423. The number of nitrogens with one attached hydrogen (secondary N) is 1. The van der Waals surface area contributed by atoms with E-state index < -0.39 is 0 Å². The maximum absolute atomic E-state index is 5.90. The molecule has 0 aliphatic carbocycles. The van der Waals surface area contributed by atoms with Gasteiger partial charge < -0.3 is 4.42 Å². The van der Waals surface area contributed by atoms with E-state index in [1.54, 1.807) is 0 Å². The molecule has 0 radical (unpaired) electrons. The summed E-state index contributed by atoms with van der Waals surface area (Å²) in [5.41, 5.74) is 2.30. The molecule has 1 aliphatic rings. The minimum Gasteiger partial charge on any atom is -0.461 e. The number of fused-ring (bicyclic) bond motifs is 1. The van der Waals surface area contributed by atoms with Crippen LogP contribution in [-0.2, 0) is 6.54 Å². The van der Waals surface area contributed by atoms with Gasteiger partial charge >= 0.3 is 0 Å². The molecule has 23 heavy (non-hydrogen) atoms. The van der Waals surface area contributed by atoms with Crippen LogP contribution in [0.15, 0.2) is 28.7 Å². The normalized spacial score (nSPS) is 19.5. The number of hydrogen-bond donors (Lipinski definition) is 1. The van der Waals surface area contributed by atoms with Crippen LogP contribution >= 0.6 is 0 Å². The van der Waals surface area contributed by atoms with Crippen LogP contribution in [0.25, 0.3) is 11.0 Å². The summed E-state index contributed by atoms with van der Waals surface area (Å²) in [7, 11) is 0. The van der Waals surface area contributed by atoms with Crippen molar-refractivity contribution in [1.82, 2.24) is 20.1 Å². The van der Waals surface area contributed by atoms with Crippen LogP contribution in [0.4, 0.5) is 0 Å². The second-order valence-corrected chi connectivity index (χ2v) is 6.49. The van der Waals surface area contributed by atoms with Crippen LogP contribution in [0, 0.1) is 13.8 Å². The minimum atomic E-state index is 0.423. The summed E-state index contributed by atoms with van der Waals surface area (Å²) in [6.45, 7) is 7.09. The molecule has 120 valence electrons. The number of likely N-dealkylation sites (tertiary alicyclic amines) is 1. The van der Waals surface area contributed by atoms with E-state index in [9.17, 15) is 0 Å². The number of furan rings is 1. The van der Waals surface area contributed by atoms with Crippen LogP contribution < -0.4 is 0 Å². The predicted octanol–water partition coefficient (Wildman–Crippen LogP) is 3.55. The molecule has 1 N–H and O–H groups in total. The number of H-pyrrole nitrogens is 1. The average molecular weight is 310 g/mol. The fourth-order valence-electron chi connectivity index (χ4n) is 3.59. The van der Waals surface area contributed by atoms with Gasteiger partial charge in [0.25, 0.3) is 0 Å². The summed E-state index contributed by atoms with van der Waals surface area (Å²) in [6, 6.07) is 8.30. The molecule has 4 rings (SSSR count). The number of rotatable bonds is 3. The first kappa shape index (κ1) is 14.5. The Labute approximate surface area is 135 Å². The largest absolute Gasteiger partial charge is 0.461 e. The smallest absolute Gasteiger partial charge is 0.155 e. The molecule has 0 spiro atoms. The molecule has 1 aliphatic heterocycles. The zero-order valence-electron chi connectivity index (χ0n) is 13.7. The van der Waals surface area contributed by atoms with E-state index in [-0.39, 0.29) is 0 Å². The first-order valence-electron chi connectivity index (χ1n) is 8.29. The third-order valence-electron chi connectivity index (χ3n) is 4.77. The molecule has 1 saturated heterocycles. The van der Waals surface area contributed by atoms with E-state index in [1.165, 1.54) is 23.8 Å². The Kier molecular flexibility index (Phi) is 3.65. The lowest BCUT2D eigenvalue weighted by Crippen LogP contribution is -2.34. The molecular formula is C18H22N4O. The molecule has 1 unspecified atom stereocenters. The van der Waals surface area contributed by atoms with Crippen LogP contribution in [-0.4, -0.2) is 33.2 Å². The fraction of sp³-hybridized carbons (Fsp3) is 0.444. The summed E-state index contributed by atoms with van der Waals surface area (Å²) >= 11 is 0. The molecule has 0 saturated carbocycles. The number of benzene rings is 1. The summed E-state index contributed by atoms with van der Waals surface area (Å²) in [5.74, 6) is 3.31. The highest BCUT2D eigenvalue weighted by Crippen LogP contribution is 2.30. The average Bonchev–Trinajstić information content (AvgIpc) is 3.12. The molecule has 0 bridgehead atoms. The standard InChI is InChI=1S/C18H22N4O/c1-12-16(15-7-3-4-8-17(15)23-12)11-22-9-5-6-14(10-22)18-19-13(2)20-21-18/h3-4,7-8,14H,5-6,9-11H2,1-2H3,(H,19,20,21). The quantitative estimate of drug-likeness (QED) is 0.804. The van der Waals surface area contributed by atoms with Crippen molar-refractivity contribution in [2.45, 2.75) is 39.2 Å². The van der Waals surface area contributed by atoms with Crippen molar-refractivity contribution >= 4 is 11.0 Å². The van der Waals surface area contributed by atoms with E-state index >= 15 is 0 Å². The van der Waals surface area contributed by atoms with Gasteiger partial charge in [0, 0.05) is 30.0 Å². The van der Waals surface area contributed by atoms with Gasteiger partial charge in [0.2, 0.25) is 0 Å². The number of piperidine rings is 1. The van der Waals surface area contributed by atoms with Gasteiger partial charge in [-0.15, -0.1) is 0 Å². The first-order chi connectivity index (χ1) is 11.2. The van der Waals surface area contributed by atoms with Crippen molar-refractivity contribution in [2.24, 2.45) is 0 Å². The van der Waals surface area contributed by atoms with Gasteiger partial charge in [-0.3, -0.25) is 10.00 Å². The third kappa shape index (κ3) is 2.77. The Morgan fingerprint density at radius 3 is 3.00 bits per heavy atom. The van der Waals surface area contributed by atoms with E-state index in [2.05, 4.69) is 39.1 Å². The number of aryl methyl sites for hydroxylation is 2. The molecule has 2 aromatic heterocycles. The number of aromatic nitrogens is 3. The molecule has 5 heteroatoms. The molecule has 1 atom stereocenters. The fourth-order valence-corrected chi connectivity index (χ4v) is 3.59. The monoisotopic (exact) mass is 310 g/mol. The number of nitrogens with zero attached hydrogens (tertiary/aromatic N) is 3. The Morgan fingerprint density at radius 1 is 1.30 bits per heavy atom. The summed E-state index contributed by atoms with van der Waals surface area (Å²) < 4.78 is 5.90. The van der Waals surface area contributed by atoms with Crippen molar-refractivity contribution < 1.29 is 4.42 Å². The molecule has 3 heterocycles. The van der Waals surface area contributed by atoms with Crippen molar-refractivity contribution in [3.63, 3.8) is 0 Å². The lowest BCUT2D eigenvalue weighted by molar-refractivity contribution is 0.196. The topological polar surface area (TPSA) is 58.0 Å². The van der Waals surface area contributed by atoms with Crippen molar-refractivity contribution in [3.05, 3.63) is 47.2 Å². The highest BCUT2D eigenvalue weighted by molar-refractivity contribution is 5.82. The van der Waals surface area contributed by atoms with Crippen molar-refractivity contribution in [3.8, 4) is 0 Å². The van der Waals surface area contributed by atoms with Crippen molar-refractivity contribution in [1.29, 1.82) is 0 Å². The van der Waals surface area contributed by atoms with E-state index in [0.717, 1.165) is 42.6 Å². The van der Waals surface area contributed by atoms with Gasteiger partial charge in [-0.1, -0.05) is 18.2 Å². The van der Waals surface area contributed by atoms with Gasteiger partial charge in [0.1, 0.15) is 17.2 Å². The third-order valence-corrected chi connectivity index (χ3v) is 4.77. The van der Waals surface area contributed by atoms with E-state index in [0.29, 0.717) is 5.92 Å². The van der Waals surface area contributed by atoms with Crippen LogP contribution in [0.5, 0.6) is 0 Å². The molecule has 5 nitrogen and oxygen atoms in total. The maximum atomic E-state index is 5.90. The Bertz CT molecular complexity index is 819. The Hall–Kier alpha value is -2.14. The number of para-hydroxylation sites is 1. The number of aromatic amines is 1. The summed E-state index contributed by atoms with van der Waals surface area (Å²) in [4.78, 5) is 7.03. The molecule has 0 amide bonds. The second-order valence-electron chi connectivity index (χ2n) is 6.49. The van der Waals surface area contributed by atoms with E-state index in [1.807, 2.05) is 19.1 Å². The SMILES string of the molecule is Cc1nc(C2CCCN(Cc3c(C)oc4ccccc34)C2)n[nH]1. The predicted molar refractivity (Wildman–Crippen MR) is 89.3 cm³/mol. The van der Waals surface area contributed by atoms with Crippen LogP contribution in [0.2, 0.25) is 0 Å². The first-order valence-corrected chi connectivity index (χ1v) is 8.29. The van der Waals surface area contributed by atoms with Gasteiger partial charge in [-0.25, -0.2) is 4.98 Å². The molecule has 3 aromatic rings. The second kappa shape index (κ2) is 5.81. The lowest BCUT2D eigenvalue weighted by atomic mass is 9.96. The highest BCUT2D eigenvalue weighted by atomic mass is 16.3. The molecule has 1 aromatic carbocycles. The zero-order valence-corrected chi connectivity index (χ0v) is 13.7. The maximum Gasteiger partial charge on any atom is 0.155 e. The summed E-state index contributed by atoms with van der Waals surface area (Å²) in [6.07, 6.45) is 2.35.